The van der Waals surface area contributed by atoms with E-state index in [-0.39, 0.29) is 36.8 Å². The zero-order valence-corrected chi connectivity index (χ0v) is 10.8. The zero-order chi connectivity index (χ0) is 15.6. The predicted molar refractivity (Wildman–Crippen MR) is 68.2 cm³/mol. The number of amides is 2. The molecule has 1 fully saturated rings. The van der Waals surface area contributed by atoms with E-state index < -0.39 is 17.6 Å². The molecular weight excluding hydrogens is 289 g/mol. The van der Waals surface area contributed by atoms with Gasteiger partial charge in [-0.1, -0.05) is 0 Å². The lowest BCUT2D eigenvalue weighted by atomic mass is 10.1. The number of halogens is 3. The number of nitrogens with zero attached hydrogens (tertiary/aromatic N) is 1. The van der Waals surface area contributed by atoms with E-state index in [1.807, 2.05) is 0 Å². The molecule has 114 valence electrons. The first-order valence-electron chi connectivity index (χ1n) is 6.07. The Labute approximate surface area is 118 Å². The van der Waals surface area contributed by atoms with Crippen molar-refractivity contribution in [2.24, 2.45) is 5.84 Å². The molecule has 0 aliphatic carbocycles. The van der Waals surface area contributed by atoms with Crippen LogP contribution in [0.4, 0.5) is 18.9 Å². The number of nitrogens with one attached hydrogen (secondary N) is 2. The molecule has 1 aromatic rings. The molecule has 2 amide bonds. The Morgan fingerprint density at radius 1 is 1.38 bits per heavy atom. The molecule has 21 heavy (non-hydrogen) atoms. The predicted octanol–water partition coefficient (Wildman–Crippen LogP) is 0.563. The number of anilines is 1. The Bertz CT molecular complexity index is 574. The fraction of sp³-hybridized carbons (Fsp3) is 0.333. The molecule has 0 atom stereocenters. The minimum Gasteiger partial charge on any atom is -0.353 e. The first-order valence-corrected chi connectivity index (χ1v) is 6.07. The largest absolute Gasteiger partial charge is 0.416 e. The van der Waals surface area contributed by atoms with Crippen LogP contribution in [-0.2, 0) is 11.0 Å². The van der Waals surface area contributed by atoms with Crippen molar-refractivity contribution in [3.63, 3.8) is 0 Å². The fourth-order valence-electron chi connectivity index (χ4n) is 2.01. The van der Waals surface area contributed by atoms with Crippen molar-refractivity contribution in [2.45, 2.75) is 6.18 Å². The molecule has 1 heterocycles. The molecule has 9 heteroatoms. The molecule has 0 saturated carbocycles. The summed E-state index contributed by atoms with van der Waals surface area (Å²) < 4.78 is 38.2. The first-order chi connectivity index (χ1) is 9.82. The number of carbonyl (C=O) groups excluding carboxylic acids is 2. The normalized spacial score (nSPS) is 15.6. The van der Waals surface area contributed by atoms with E-state index in [1.54, 1.807) is 0 Å². The van der Waals surface area contributed by atoms with E-state index >= 15 is 0 Å². The molecule has 0 spiro atoms. The van der Waals surface area contributed by atoms with Crippen molar-refractivity contribution >= 4 is 17.5 Å². The standard InChI is InChI=1S/C12H13F3N4O2/c13-12(14,15)7-1-2-9(18-16)8(5-7)11(21)19-4-3-17-10(20)6-19/h1-2,5,18H,3-4,6,16H2,(H,17,20). The zero-order valence-electron chi connectivity index (χ0n) is 10.8. The van der Waals surface area contributed by atoms with Crippen LogP contribution in [0.1, 0.15) is 15.9 Å². The van der Waals surface area contributed by atoms with E-state index in [0.717, 1.165) is 18.2 Å². The maximum absolute atomic E-state index is 12.7. The van der Waals surface area contributed by atoms with Gasteiger partial charge in [0.25, 0.3) is 5.91 Å². The molecule has 4 N–H and O–H groups in total. The molecule has 0 aromatic heterocycles. The number of benzene rings is 1. The summed E-state index contributed by atoms with van der Waals surface area (Å²) in [6.07, 6.45) is -4.57. The van der Waals surface area contributed by atoms with Crippen LogP contribution in [-0.4, -0.2) is 36.3 Å². The van der Waals surface area contributed by atoms with Crippen molar-refractivity contribution in [1.29, 1.82) is 0 Å². The van der Waals surface area contributed by atoms with Crippen LogP contribution in [0.25, 0.3) is 0 Å². The maximum Gasteiger partial charge on any atom is 0.416 e. The SMILES string of the molecule is NNc1ccc(C(F)(F)F)cc1C(=O)N1CCNC(=O)C1. The minimum atomic E-state index is -4.57. The molecule has 1 aromatic carbocycles. The summed E-state index contributed by atoms with van der Waals surface area (Å²) in [6.45, 7) is 0.291. The Balaban J connectivity index is 2.36. The Morgan fingerprint density at radius 2 is 2.10 bits per heavy atom. The number of carbonyl (C=O) groups is 2. The lowest BCUT2D eigenvalue weighted by molar-refractivity contribution is -0.137. The van der Waals surface area contributed by atoms with Gasteiger partial charge in [0.1, 0.15) is 0 Å². The smallest absolute Gasteiger partial charge is 0.353 e. The average molecular weight is 302 g/mol. The number of hydrogen-bond acceptors (Lipinski definition) is 4. The topological polar surface area (TPSA) is 87.5 Å². The highest BCUT2D eigenvalue weighted by Crippen LogP contribution is 2.32. The molecule has 6 nitrogen and oxygen atoms in total. The summed E-state index contributed by atoms with van der Waals surface area (Å²) in [7, 11) is 0. The van der Waals surface area contributed by atoms with Crippen molar-refractivity contribution in [1.82, 2.24) is 10.2 Å². The van der Waals surface area contributed by atoms with Gasteiger partial charge >= 0.3 is 6.18 Å². The monoisotopic (exact) mass is 302 g/mol. The highest BCUT2D eigenvalue weighted by atomic mass is 19.4. The van der Waals surface area contributed by atoms with E-state index in [4.69, 9.17) is 5.84 Å². The quantitative estimate of drug-likeness (QED) is 0.550. The third-order valence-corrected chi connectivity index (χ3v) is 3.06. The minimum absolute atomic E-state index is 0.0685. The van der Waals surface area contributed by atoms with Crippen LogP contribution in [0.3, 0.4) is 0 Å². The number of nitrogen functional groups attached to an aromatic ring is 1. The average Bonchev–Trinajstić information content (AvgIpc) is 2.44. The second kappa shape index (κ2) is 5.60. The number of piperazine rings is 1. The van der Waals surface area contributed by atoms with Gasteiger partial charge in [0.15, 0.2) is 0 Å². The lowest BCUT2D eigenvalue weighted by Crippen LogP contribution is -2.50. The van der Waals surface area contributed by atoms with Gasteiger partial charge in [0.05, 0.1) is 23.4 Å². The highest BCUT2D eigenvalue weighted by Gasteiger charge is 2.33. The van der Waals surface area contributed by atoms with Crippen molar-refractivity contribution in [2.75, 3.05) is 25.1 Å². The number of nitrogens with two attached hydrogens (primary N) is 1. The van der Waals surface area contributed by atoms with E-state index in [9.17, 15) is 22.8 Å². The van der Waals surface area contributed by atoms with Crippen molar-refractivity contribution in [3.8, 4) is 0 Å². The first kappa shape index (κ1) is 15.1. The third kappa shape index (κ3) is 3.24. The van der Waals surface area contributed by atoms with E-state index in [1.165, 1.54) is 4.90 Å². The summed E-state index contributed by atoms with van der Waals surface area (Å²) in [5.41, 5.74) is 1.09. The van der Waals surface area contributed by atoms with Crippen LogP contribution in [0, 0.1) is 0 Å². The van der Waals surface area contributed by atoms with Crippen molar-refractivity contribution < 1.29 is 22.8 Å². The number of rotatable bonds is 2. The van der Waals surface area contributed by atoms with Crippen LogP contribution in [0.2, 0.25) is 0 Å². The molecule has 2 rings (SSSR count). The summed E-state index contributed by atoms with van der Waals surface area (Å²) in [5, 5.41) is 2.53. The maximum atomic E-state index is 12.7. The van der Waals surface area contributed by atoms with Gasteiger partial charge in [-0.05, 0) is 18.2 Å². The van der Waals surface area contributed by atoms with Gasteiger partial charge in [-0.3, -0.25) is 15.4 Å². The number of hydrogen-bond donors (Lipinski definition) is 3. The second-order valence-corrected chi connectivity index (χ2v) is 4.48. The van der Waals surface area contributed by atoms with Crippen LogP contribution < -0.4 is 16.6 Å². The molecule has 0 radical (unpaired) electrons. The van der Waals surface area contributed by atoms with Gasteiger partial charge in [-0.2, -0.15) is 13.2 Å². The number of hydrazine groups is 1. The van der Waals surface area contributed by atoms with Crippen molar-refractivity contribution in [3.05, 3.63) is 29.3 Å². The second-order valence-electron chi connectivity index (χ2n) is 4.48. The summed E-state index contributed by atoms with van der Waals surface area (Å²) >= 11 is 0. The highest BCUT2D eigenvalue weighted by molar-refractivity contribution is 6.01. The third-order valence-electron chi connectivity index (χ3n) is 3.06. The van der Waals surface area contributed by atoms with E-state index in [2.05, 4.69) is 10.7 Å². The van der Waals surface area contributed by atoms with Gasteiger partial charge in [0, 0.05) is 13.1 Å². The summed E-state index contributed by atoms with van der Waals surface area (Å²) in [4.78, 5) is 24.7. The van der Waals surface area contributed by atoms with Gasteiger partial charge in [-0.25, -0.2) is 0 Å². The fourth-order valence-corrected chi connectivity index (χ4v) is 2.01. The van der Waals surface area contributed by atoms with Crippen LogP contribution in [0.5, 0.6) is 0 Å². The Kier molecular flexibility index (Phi) is 4.03. The lowest BCUT2D eigenvalue weighted by Gasteiger charge is -2.27. The van der Waals surface area contributed by atoms with Crippen LogP contribution in [0.15, 0.2) is 18.2 Å². The Morgan fingerprint density at radius 3 is 2.67 bits per heavy atom. The molecule has 1 aliphatic rings. The molecular formula is C12H13F3N4O2. The molecule has 1 saturated heterocycles. The summed E-state index contributed by atoms with van der Waals surface area (Å²) in [5.74, 6) is 4.19. The Hall–Kier alpha value is -2.29. The van der Waals surface area contributed by atoms with Gasteiger partial charge < -0.3 is 15.6 Å². The molecule has 0 bridgehead atoms. The number of alkyl halides is 3. The molecule has 1 aliphatic heterocycles. The summed E-state index contributed by atoms with van der Waals surface area (Å²) in [6, 6.07) is 2.64. The van der Waals surface area contributed by atoms with Crippen LogP contribution >= 0.6 is 0 Å². The van der Waals surface area contributed by atoms with Gasteiger partial charge in [-0.15, -0.1) is 0 Å². The molecule has 0 unspecified atom stereocenters. The van der Waals surface area contributed by atoms with Gasteiger partial charge in [0.2, 0.25) is 5.91 Å². The van der Waals surface area contributed by atoms with E-state index in [0.29, 0.717) is 0 Å².